The molecule has 0 spiro atoms. The summed E-state index contributed by atoms with van der Waals surface area (Å²) < 4.78 is 4.89. The summed E-state index contributed by atoms with van der Waals surface area (Å²) in [7, 11) is 0. The van der Waals surface area contributed by atoms with Crippen LogP contribution in [0, 0.1) is 5.92 Å². The molecule has 0 saturated carbocycles. The molecule has 1 unspecified atom stereocenters. The van der Waals surface area contributed by atoms with Gasteiger partial charge in [-0.2, -0.15) is 0 Å². The Bertz CT molecular complexity index is 572. The quantitative estimate of drug-likeness (QED) is 0.536. The zero-order valence-corrected chi connectivity index (χ0v) is 15.8. The van der Waals surface area contributed by atoms with Crippen molar-refractivity contribution in [2.45, 2.75) is 38.4 Å². The van der Waals surface area contributed by atoms with E-state index in [1.165, 1.54) is 18.0 Å². The van der Waals surface area contributed by atoms with Gasteiger partial charge in [-0.05, 0) is 25.5 Å². The van der Waals surface area contributed by atoms with Gasteiger partial charge in [-0.1, -0.05) is 37.2 Å². The van der Waals surface area contributed by atoms with Gasteiger partial charge >= 0.3 is 6.09 Å². The summed E-state index contributed by atoms with van der Waals surface area (Å²) in [5, 5.41) is 6.15. The molecular formula is C15H23ClN4O3S. The van der Waals surface area contributed by atoms with Crippen LogP contribution >= 0.6 is 23.4 Å². The van der Waals surface area contributed by atoms with E-state index in [-0.39, 0.29) is 23.3 Å². The van der Waals surface area contributed by atoms with Gasteiger partial charge in [-0.25, -0.2) is 14.8 Å². The number of ether oxygens (including phenoxy) is 1. The van der Waals surface area contributed by atoms with Gasteiger partial charge in [0.2, 0.25) is 0 Å². The van der Waals surface area contributed by atoms with Crippen LogP contribution in [0.25, 0.3) is 0 Å². The maximum atomic E-state index is 12.3. The summed E-state index contributed by atoms with van der Waals surface area (Å²) in [5.41, 5.74) is 0.121. The molecular weight excluding hydrogens is 352 g/mol. The lowest BCUT2D eigenvalue weighted by Gasteiger charge is -2.20. The first-order chi connectivity index (χ1) is 11.4. The van der Waals surface area contributed by atoms with E-state index >= 15 is 0 Å². The number of aromatic nitrogens is 2. The van der Waals surface area contributed by atoms with E-state index in [1.807, 2.05) is 20.1 Å². The first-order valence-corrected chi connectivity index (χ1v) is 9.25. The third-order valence-electron chi connectivity index (χ3n) is 2.98. The van der Waals surface area contributed by atoms with Crippen LogP contribution in [-0.4, -0.2) is 47.4 Å². The third kappa shape index (κ3) is 6.92. The smallest absolute Gasteiger partial charge is 0.407 e. The maximum absolute atomic E-state index is 12.3. The first kappa shape index (κ1) is 20.5. The first-order valence-electron chi connectivity index (χ1n) is 7.65. The molecule has 1 aromatic heterocycles. The van der Waals surface area contributed by atoms with Crippen molar-refractivity contribution >= 4 is 35.4 Å². The minimum Gasteiger partial charge on any atom is -0.450 e. The lowest BCUT2D eigenvalue weighted by Crippen LogP contribution is -2.44. The van der Waals surface area contributed by atoms with Gasteiger partial charge in [0.1, 0.15) is 0 Å². The van der Waals surface area contributed by atoms with Crippen molar-refractivity contribution < 1.29 is 14.3 Å². The van der Waals surface area contributed by atoms with Crippen molar-refractivity contribution in [2.75, 3.05) is 19.4 Å². The van der Waals surface area contributed by atoms with E-state index in [0.29, 0.717) is 24.1 Å². The third-order valence-corrected chi connectivity index (χ3v) is 3.82. The number of halogens is 1. The molecule has 1 rings (SSSR count). The van der Waals surface area contributed by atoms with Crippen LogP contribution in [0.2, 0.25) is 5.02 Å². The number of hydrogen-bond donors (Lipinski definition) is 2. The van der Waals surface area contributed by atoms with Gasteiger partial charge < -0.3 is 15.4 Å². The van der Waals surface area contributed by atoms with Gasteiger partial charge in [0.05, 0.1) is 17.8 Å². The van der Waals surface area contributed by atoms with Gasteiger partial charge in [-0.15, -0.1) is 0 Å². The van der Waals surface area contributed by atoms with Crippen LogP contribution in [0.1, 0.15) is 37.7 Å². The zero-order valence-electron chi connectivity index (χ0n) is 14.3. The number of nitrogens with one attached hydrogen (secondary N) is 2. The number of thioether (sulfide) groups is 1. The van der Waals surface area contributed by atoms with Gasteiger partial charge in [0.15, 0.2) is 10.9 Å². The Kier molecular flexibility index (Phi) is 8.84. The van der Waals surface area contributed by atoms with Gasteiger partial charge in [-0.3, -0.25) is 4.79 Å². The second-order valence-electron chi connectivity index (χ2n) is 5.45. The van der Waals surface area contributed by atoms with Crippen LogP contribution in [0.5, 0.6) is 0 Å². The van der Waals surface area contributed by atoms with E-state index in [2.05, 4.69) is 20.6 Å². The minimum atomic E-state index is -0.498. The maximum Gasteiger partial charge on any atom is 0.407 e. The van der Waals surface area contributed by atoms with Crippen LogP contribution in [0.4, 0.5) is 4.79 Å². The number of alkyl carbamates (subject to hydrolysis) is 1. The molecule has 9 heteroatoms. The predicted molar refractivity (Wildman–Crippen MR) is 94.6 cm³/mol. The molecule has 0 fully saturated rings. The topological polar surface area (TPSA) is 93.2 Å². The molecule has 7 nitrogen and oxygen atoms in total. The molecule has 0 aromatic carbocycles. The Morgan fingerprint density at radius 1 is 1.42 bits per heavy atom. The van der Waals surface area contributed by atoms with Crippen molar-refractivity contribution in [3.05, 3.63) is 16.9 Å². The summed E-state index contributed by atoms with van der Waals surface area (Å²) in [6.07, 6.45) is 3.42. The van der Waals surface area contributed by atoms with E-state index in [9.17, 15) is 9.59 Å². The molecule has 0 aliphatic carbocycles. The Labute approximate surface area is 151 Å². The molecule has 134 valence electrons. The Morgan fingerprint density at radius 3 is 2.71 bits per heavy atom. The highest BCUT2D eigenvalue weighted by Gasteiger charge is 2.18. The summed E-state index contributed by atoms with van der Waals surface area (Å²) in [6, 6.07) is -0.242. The van der Waals surface area contributed by atoms with Gasteiger partial charge in [0, 0.05) is 12.6 Å². The van der Waals surface area contributed by atoms with Crippen molar-refractivity contribution in [3.8, 4) is 0 Å². The van der Waals surface area contributed by atoms with Crippen molar-refractivity contribution in [1.29, 1.82) is 0 Å². The number of nitrogens with zero attached hydrogens (tertiary/aromatic N) is 2. The Hall–Kier alpha value is -1.54. The highest BCUT2D eigenvalue weighted by Crippen LogP contribution is 2.16. The number of carbonyl (C=O) groups is 2. The number of rotatable bonds is 8. The monoisotopic (exact) mass is 374 g/mol. The second kappa shape index (κ2) is 10.4. The molecule has 0 bridgehead atoms. The molecule has 1 heterocycles. The molecule has 0 saturated heterocycles. The van der Waals surface area contributed by atoms with E-state index in [4.69, 9.17) is 16.3 Å². The summed E-state index contributed by atoms with van der Waals surface area (Å²) in [5.74, 6) is -0.0586. The van der Waals surface area contributed by atoms with Crippen molar-refractivity contribution in [2.24, 2.45) is 5.92 Å². The van der Waals surface area contributed by atoms with Crippen molar-refractivity contribution in [3.63, 3.8) is 0 Å². The highest BCUT2D eigenvalue weighted by atomic mass is 35.5. The molecule has 2 amide bonds. The standard InChI is InChI=1S/C15H23ClN4O3S/c1-5-23-15(22)19-10(6-9(2)3)7-17-13(21)12-11(16)8-18-14(20-12)24-4/h8-10H,5-7H2,1-4H3,(H,17,21)(H,19,22). The lowest BCUT2D eigenvalue weighted by molar-refractivity contribution is 0.0939. The molecule has 0 radical (unpaired) electrons. The average Bonchev–Trinajstić information content (AvgIpc) is 2.52. The van der Waals surface area contributed by atoms with Crippen LogP contribution < -0.4 is 10.6 Å². The minimum absolute atomic E-state index is 0.121. The van der Waals surface area contributed by atoms with Crippen LogP contribution in [0.15, 0.2) is 11.4 Å². The molecule has 2 N–H and O–H groups in total. The number of carbonyl (C=O) groups excluding carboxylic acids is 2. The largest absolute Gasteiger partial charge is 0.450 e. The second-order valence-corrected chi connectivity index (χ2v) is 6.64. The number of amides is 2. The molecule has 1 aromatic rings. The predicted octanol–water partition coefficient (Wildman–Crippen LogP) is 2.74. The van der Waals surface area contributed by atoms with Gasteiger partial charge in [0.25, 0.3) is 5.91 Å². The molecule has 0 aliphatic heterocycles. The molecule has 1 atom stereocenters. The average molecular weight is 375 g/mol. The summed E-state index contributed by atoms with van der Waals surface area (Å²) >= 11 is 7.31. The van der Waals surface area contributed by atoms with E-state index in [0.717, 1.165) is 0 Å². The highest BCUT2D eigenvalue weighted by molar-refractivity contribution is 7.98. The summed E-state index contributed by atoms with van der Waals surface area (Å²) in [6.45, 7) is 6.35. The van der Waals surface area contributed by atoms with Crippen molar-refractivity contribution in [1.82, 2.24) is 20.6 Å². The zero-order chi connectivity index (χ0) is 18.1. The van der Waals surface area contributed by atoms with E-state index in [1.54, 1.807) is 6.92 Å². The fourth-order valence-electron chi connectivity index (χ4n) is 2.01. The fourth-order valence-corrected chi connectivity index (χ4v) is 2.53. The SMILES string of the molecule is CCOC(=O)NC(CNC(=O)c1nc(SC)ncc1Cl)CC(C)C. The van der Waals surface area contributed by atoms with E-state index < -0.39 is 12.0 Å². The summed E-state index contributed by atoms with van der Waals surface area (Å²) in [4.78, 5) is 32.0. The van der Waals surface area contributed by atoms with Crippen LogP contribution in [0.3, 0.4) is 0 Å². The Morgan fingerprint density at radius 2 is 2.12 bits per heavy atom. The lowest BCUT2D eigenvalue weighted by atomic mass is 10.0. The number of hydrogen-bond acceptors (Lipinski definition) is 6. The molecule has 24 heavy (non-hydrogen) atoms. The fraction of sp³-hybridized carbons (Fsp3) is 0.600. The van der Waals surface area contributed by atoms with Crippen LogP contribution in [-0.2, 0) is 4.74 Å². The Balaban J connectivity index is 2.71. The normalized spacial score (nSPS) is 11.9. The molecule has 0 aliphatic rings.